The van der Waals surface area contributed by atoms with Gasteiger partial charge in [0.05, 0.1) is 6.33 Å². The molecule has 0 fully saturated rings. The van der Waals surface area contributed by atoms with Crippen molar-refractivity contribution in [1.82, 2.24) is 0 Å². The molecule has 0 aliphatic rings. The first kappa shape index (κ1) is 17.0. The molecule has 21 heavy (non-hydrogen) atoms. The number of benzene rings is 1. The molecule has 0 aliphatic carbocycles. The van der Waals surface area contributed by atoms with E-state index in [4.69, 9.17) is 5.73 Å². The summed E-state index contributed by atoms with van der Waals surface area (Å²) < 4.78 is 12.4. The van der Waals surface area contributed by atoms with Crippen molar-refractivity contribution in [2.24, 2.45) is 0 Å². The lowest BCUT2D eigenvalue weighted by Gasteiger charge is -2.12. The topological polar surface area (TPSA) is 26.0 Å². The molecule has 2 heteroatoms. The summed E-state index contributed by atoms with van der Waals surface area (Å²) in [7, 11) is 0. The molecular formula is C19H24FN. The summed E-state index contributed by atoms with van der Waals surface area (Å²) in [6, 6.07) is 4.16. The summed E-state index contributed by atoms with van der Waals surface area (Å²) in [6.07, 6.45) is 9.36. The number of nitrogen functional groups attached to an aromatic ring is 1. The van der Waals surface area contributed by atoms with Crippen LogP contribution >= 0.6 is 0 Å². The number of hydrogen-bond donors (Lipinski definition) is 1. The van der Waals surface area contributed by atoms with E-state index in [1.54, 1.807) is 12.2 Å². The number of nitrogens with two attached hydrogens (primary N) is 1. The molecule has 112 valence electrons. The number of aryl methyl sites for hydroxylation is 2. The Balaban J connectivity index is 3.28. The van der Waals surface area contributed by atoms with Gasteiger partial charge in [0.1, 0.15) is 0 Å². The highest BCUT2D eigenvalue weighted by Gasteiger charge is 2.06. The average Bonchev–Trinajstić information content (AvgIpc) is 2.42. The van der Waals surface area contributed by atoms with E-state index in [1.165, 1.54) is 11.6 Å². The van der Waals surface area contributed by atoms with Gasteiger partial charge >= 0.3 is 0 Å². The monoisotopic (exact) mass is 285 g/mol. The van der Waals surface area contributed by atoms with Gasteiger partial charge in [-0.3, -0.25) is 0 Å². The van der Waals surface area contributed by atoms with Crippen molar-refractivity contribution in [3.8, 4) is 0 Å². The molecule has 0 atom stereocenters. The predicted octanol–water partition coefficient (Wildman–Crippen LogP) is 5.53. The van der Waals surface area contributed by atoms with E-state index in [1.807, 2.05) is 26.0 Å². The predicted molar refractivity (Wildman–Crippen MR) is 91.8 cm³/mol. The third-order valence-corrected chi connectivity index (χ3v) is 3.38. The summed E-state index contributed by atoms with van der Waals surface area (Å²) >= 11 is 0. The zero-order valence-corrected chi connectivity index (χ0v) is 13.1. The van der Waals surface area contributed by atoms with Crippen LogP contribution < -0.4 is 5.73 Å². The largest absolute Gasteiger partial charge is 0.398 e. The third-order valence-electron chi connectivity index (χ3n) is 3.38. The fraction of sp³-hybridized carbons (Fsp3) is 0.263. The summed E-state index contributed by atoms with van der Waals surface area (Å²) in [5.74, 6) is 0. The van der Waals surface area contributed by atoms with Gasteiger partial charge in [-0.25, -0.2) is 4.39 Å². The van der Waals surface area contributed by atoms with Crippen LogP contribution in [0.1, 0.15) is 37.0 Å². The lowest BCUT2D eigenvalue weighted by Crippen LogP contribution is -1.98. The molecule has 0 aromatic heterocycles. The van der Waals surface area contributed by atoms with Crippen LogP contribution in [0.5, 0.6) is 0 Å². The summed E-state index contributed by atoms with van der Waals surface area (Å²) in [4.78, 5) is 0. The van der Waals surface area contributed by atoms with Crippen molar-refractivity contribution in [2.75, 3.05) is 5.73 Å². The van der Waals surface area contributed by atoms with Crippen molar-refractivity contribution < 1.29 is 4.39 Å². The summed E-state index contributed by atoms with van der Waals surface area (Å²) in [5.41, 5.74) is 12.2. The van der Waals surface area contributed by atoms with E-state index in [-0.39, 0.29) is 0 Å². The Morgan fingerprint density at radius 3 is 2.67 bits per heavy atom. The molecule has 0 bridgehead atoms. The molecule has 0 saturated carbocycles. The molecule has 0 heterocycles. The van der Waals surface area contributed by atoms with E-state index in [2.05, 4.69) is 19.6 Å². The van der Waals surface area contributed by atoms with Gasteiger partial charge in [0.25, 0.3) is 0 Å². The number of rotatable bonds is 6. The van der Waals surface area contributed by atoms with Crippen LogP contribution in [-0.2, 0) is 6.42 Å². The van der Waals surface area contributed by atoms with Crippen LogP contribution in [0.2, 0.25) is 0 Å². The van der Waals surface area contributed by atoms with Gasteiger partial charge in [-0.05, 0) is 66.3 Å². The third kappa shape index (κ3) is 4.75. The van der Waals surface area contributed by atoms with Gasteiger partial charge in [-0.1, -0.05) is 38.2 Å². The standard InChI is InChI=1S/C19H24FN/c1-5-7-16(9-10-20)11-14(3)18-13-17(8-6-2)19(21)12-15(18)4/h5,7,9-13H,1,6,8,21H2,2-4H3/b10-9-,14-11+,16-7+. The molecule has 1 rings (SSSR count). The first-order valence-corrected chi connectivity index (χ1v) is 7.20. The van der Waals surface area contributed by atoms with Gasteiger partial charge < -0.3 is 5.73 Å². The van der Waals surface area contributed by atoms with E-state index < -0.39 is 0 Å². The summed E-state index contributed by atoms with van der Waals surface area (Å²) in [5, 5.41) is 0. The van der Waals surface area contributed by atoms with Gasteiger partial charge in [-0.15, -0.1) is 0 Å². The van der Waals surface area contributed by atoms with Gasteiger partial charge in [0.2, 0.25) is 0 Å². The number of allylic oxidation sites excluding steroid dienone is 6. The second kappa shape index (κ2) is 8.25. The highest BCUT2D eigenvalue weighted by molar-refractivity contribution is 5.72. The minimum Gasteiger partial charge on any atom is -0.398 e. The average molecular weight is 285 g/mol. The molecule has 0 unspecified atom stereocenters. The van der Waals surface area contributed by atoms with Crippen LogP contribution in [-0.4, -0.2) is 0 Å². The maximum atomic E-state index is 12.4. The van der Waals surface area contributed by atoms with E-state index in [0.29, 0.717) is 6.33 Å². The smallest absolute Gasteiger partial charge is 0.0872 e. The van der Waals surface area contributed by atoms with Crippen molar-refractivity contribution >= 4 is 11.3 Å². The van der Waals surface area contributed by atoms with Crippen LogP contribution in [0.15, 0.2) is 54.9 Å². The van der Waals surface area contributed by atoms with Crippen molar-refractivity contribution in [1.29, 1.82) is 0 Å². The van der Waals surface area contributed by atoms with Crippen LogP contribution in [0, 0.1) is 6.92 Å². The van der Waals surface area contributed by atoms with Crippen molar-refractivity contribution in [3.05, 3.63) is 71.6 Å². The molecule has 0 radical (unpaired) electrons. The number of halogens is 1. The molecule has 0 saturated heterocycles. The normalized spacial score (nSPS) is 13.0. The molecule has 1 aromatic rings. The minimum absolute atomic E-state index is 0.539. The molecule has 1 aromatic carbocycles. The first-order valence-electron chi connectivity index (χ1n) is 7.20. The maximum absolute atomic E-state index is 12.4. The van der Waals surface area contributed by atoms with Crippen molar-refractivity contribution in [3.63, 3.8) is 0 Å². The van der Waals surface area contributed by atoms with E-state index in [9.17, 15) is 4.39 Å². The second-order valence-corrected chi connectivity index (χ2v) is 5.14. The van der Waals surface area contributed by atoms with Crippen LogP contribution in [0.25, 0.3) is 5.57 Å². The van der Waals surface area contributed by atoms with Crippen LogP contribution in [0.4, 0.5) is 10.1 Å². The zero-order chi connectivity index (χ0) is 15.8. The molecule has 2 N–H and O–H groups in total. The number of anilines is 1. The highest BCUT2D eigenvalue weighted by Crippen LogP contribution is 2.26. The zero-order valence-electron chi connectivity index (χ0n) is 13.1. The molecule has 0 spiro atoms. The fourth-order valence-electron chi connectivity index (χ4n) is 2.37. The molecule has 0 aliphatic heterocycles. The molecule has 1 nitrogen and oxygen atoms in total. The van der Waals surface area contributed by atoms with Gasteiger partial charge in [0, 0.05) is 5.69 Å². The Bertz CT molecular complexity index is 592. The van der Waals surface area contributed by atoms with Crippen molar-refractivity contribution in [2.45, 2.75) is 33.6 Å². The second-order valence-electron chi connectivity index (χ2n) is 5.14. The van der Waals surface area contributed by atoms with Crippen LogP contribution in [0.3, 0.4) is 0 Å². The van der Waals surface area contributed by atoms with E-state index in [0.717, 1.165) is 40.8 Å². The Hall–Kier alpha value is -2.09. The van der Waals surface area contributed by atoms with Gasteiger partial charge in [-0.2, -0.15) is 0 Å². The lowest BCUT2D eigenvalue weighted by atomic mass is 9.94. The molecule has 0 amide bonds. The fourth-order valence-corrected chi connectivity index (χ4v) is 2.37. The molecular weight excluding hydrogens is 261 g/mol. The highest BCUT2D eigenvalue weighted by atomic mass is 19.1. The quantitative estimate of drug-likeness (QED) is 0.540. The Morgan fingerprint density at radius 1 is 1.38 bits per heavy atom. The first-order chi connectivity index (χ1) is 10.0. The SMILES string of the molecule is C=C/C=C(\C=C/F)/C=C(\C)c1cc(CCC)c(N)cc1C. The van der Waals surface area contributed by atoms with E-state index >= 15 is 0 Å². The maximum Gasteiger partial charge on any atom is 0.0872 e. The minimum atomic E-state index is 0.539. The lowest BCUT2D eigenvalue weighted by molar-refractivity contribution is 0.720. The summed E-state index contributed by atoms with van der Waals surface area (Å²) in [6.45, 7) is 9.86. The number of hydrogen-bond acceptors (Lipinski definition) is 1. The van der Waals surface area contributed by atoms with Gasteiger partial charge in [0.15, 0.2) is 0 Å². The Labute approximate surface area is 127 Å². The Kier molecular flexibility index (Phi) is 6.67. The Morgan fingerprint density at radius 2 is 2.10 bits per heavy atom.